The van der Waals surface area contributed by atoms with Gasteiger partial charge in [0.15, 0.2) is 15.6 Å². The Kier molecular flexibility index (Phi) is 2.14. The van der Waals surface area contributed by atoms with Crippen LogP contribution < -0.4 is 0 Å². The summed E-state index contributed by atoms with van der Waals surface area (Å²) in [6, 6.07) is 8.35. The quantitative estimate of drug-likeness (QED) is 0.823. The monoisotopic (exact) mass is 264 g/mol. The van der Waals surface area contributed by atoms with Crippen molar-refractivity contribution in [2.75, 3.05) is 0 Å². The molecule has 3 rings (SSSR count). The second-order valence-corrected chi connectivity index (χ2v) is 7.91. The lowest BCUT2D eigenvalue weighted by atomic mass is 10.00. The molecule has 0 amide bonds. The third-order valence-electron chi connectivity index (χ3n) is 4.79. The molecule has 0 bridgehead atoms. The maximum Gasteiger partial charge on any atom is 0.192 e. The first-order valence-electron chi connectivity index (χ1n) is 6.20. The molecule has 0 aromatic heterocycles. The minimum absolute atomic E-state index is 0.0114. The summed E-state index contributed by atoms with van der Waals surface area (Å²) in [4.78, 5) is 12.5. The zero-order valence-electron chi connectivity index (χ0n) is 10.5. The number of hydrogen-bond acceptors (Lipinski definition) is 3. The first kappa shape index (κ1) is 11.9. The number of ketones is 1. The van der Waals surface area contributed by atoms with Crippen molar-refractivity contribution in [3.05, 3.63) is 30.3 Å². The van der Waals surface area contributed by atoms with Crippen LogP contribution >= 0.6 is 0 Å². The zero-order chi connectivity index (χ0) is 13.2. The van der Waals surface area contributed by atoms with Gasteiger partial charge in [0.05, 0.1) is 4.90 Å². The van der Waals surface area contributed by atoms with E-state index >= 15 is 0 Å². The molecule has 2 unspecified atom stereocenters. The fourth-order valence-electron chi connectivity index (χ4n) is 3.88. The summed E-state index contributed by atoms with van der Waals surface area (Å²) < 4.78 is 24.5. The summed E-state index contributed by atoms with van der Waals surface area (Å²) in [5.74, 6) is -0.107. The molecule has 0 heterocycles. The Hall–Kier alpha value is -1.16. The van der Waals surface area contributed by atoms with Crippen molar-refractivity contribution < 1.29 is 13.2 Å². The molecular weight excluding hydrogens is 248 g/mol. The SMILES string of the molecule is CC1(C)C2CCC(=O)C21S(=O)(=O)c1ccccc1. The second-order valence-electron chi connectivity index (χ2n) is 5.79. The fraction of sp³-hybridized carbons (Fsp3) is 0.500. The largest absolute Gasteiger partial charge is 0.298 e. The van der Waals surface area contributed by atoms with Crippen LogP contribution in [0.3, 0.4) is 0 Å². The summed E-state index contributed by atoms with van der Waals surface area (Å²) in [5.41, 5.74) is -0.420. The molecule has 2 aliphatic carbocycles. The molecule has 4 heteroatoms. The first-order valence-corrected chi connectivity index (χ1v) is 7.68. The molecule has 0 radical (unpaired) electrons. The van der Waals surface area contributed by atoms with Crippen LogP contribution in [0.2, 0.25) is 0 Å². The summed E-state index contributed by atoms with van der Waals surface area (Å²) in [6.45, 7) is 3.80. The van der Waals surface area contributed by atoms with Crippen LogP contribution in [0.15, 0.2) is 35.2 Å². The predicted octanol–water partition coefficient (Wildman–Crippen LogP) is 2.22. The minimum Gasteiger partial charge on any atom is -0.298 e. The summed E-state index contributed by atoms with van der Waals surface area (Å²) in [6.07, 6.45) is 1.11. The number of fused-ring (bicyclic) bond motifs is 1. The van der Waals surface area contributed by atoms with Crippen molar-refractivity contribution in [1.82, 2.24) is 0 Å². The predicted molar refractivity (Wildman–Crippen MR) is 67.9 cm³/mol. The highest BCUT2D eigenvalue weighted by Gasteiger charge is 2.83. The van der Waals surface area contributed by atoms with Gasteiger partial charge in [0, 0.05) is 6.42 Å². The zero-order valence-corrected chi connectivity index (χ0v) is 11.3. The van der Waals surface area contributed by atoms with Gasteiger partial charge in [-0.2, -0.15) is 0 Å². The Morgan fingerprint density at radius 2 is 1.78 bits per heavy atom. The van der Waals surface area contributed by atoms with E-state index in [2.05, 4.69) is 0 Å². The number of hydrogen-bond donors (Lipinski definition) is 0. The van der Waals surface area contributed by atoms with Gasteiger partial charge in [0.1, 0.15) is 4.75 Å². The van der Waals surface area contributed by atoms with Gasteiger partial charge in [-0.1, -0.05) is 32.0 Å². The Morgan fingerprint density at radius 1 is 1.17 bits per heavy atom. The molecule has 2 fully saturated rings. The van der Waals surface area contributed by atoms with Gasteiger partial charge in [-0.05, 0) is 29.9 Å². The lowest BCUT2D eigenvalue weighted by Gasteiger charge is -2.18. The normalized spacial score (nSPS) is 33.2. The van der Waals surface area contributed by atoms with E-state index in [0.29, 0.717) is 12.8 Å². The van der Waals surface area contributed by atoms with Crippen LogP contribution in [0.4, 0.5) is 0 Å². The third kappa shape index (κ3) is 1.06. The van der Waals surface area contributed by atoms with E-state index in [9.17, 15) is 13.2 Å². The highest BCUT2D eigenvalue weighted by molar-refractivity contribution is 7.94. The number of benzene rings is 1. The molecule has 0 N–H and O–H groups in total. The van der Waals surface area contributed by atoms with E-state index in [0.717, 1.165) is 0 Å². The lowest BCUT2D eigenvalue weighted by Crippen LogP contribution is -2.36. The molecule has 2 saturated carbocycles. The van der Waals surface area contributed by atoms with E-state index in [1.54, 1.807) is 30.3 Å². The van der Waals surface area contributed by atoms with Crippen LogP contribution in [0, 0.1) is 11.3 Å². The average Bonchev–Trinajstić information content (AvgIpc) is 2.65. The van der Waals surface area contributed by atoms with E-state index in [1.165, 1.54) is 0 Å². The summed E-state index contributed by atoms with van der Waals surface area (Å²) in [5, 5.41) is 0. The van der Waals surface area contributed by atoms with Crippen molar-refractivity contribution in [2.24, 2.45) is 11.3 Å². The number of Topliss-reactive ketones (excluding diaryl/α,β-unsaturated/α-hetero) is 1. The molecule has 2 atom stereocenters. The topological polar surface area (TPSA) is 51.2 Å². The van der Waals surface area contributed by atoms with Crippen molar-refractivity contribution in [3.63, 3.8) is 0 Å². The third-order valence-corrected chi connectivity index (χ3v) is 7.57. The molecule has 0 spiro atoms. The number of carbonyl (C=O) groups is 1. The molecule has 2 aliphatic rings. The number of carbonyl (C=O) groups excluding carboxylic acids is 1. The van der Waals surface area contributed by atoms with Crippen LogP contribution in [-0.4, -0.2) is 18.9 Å². The molecule has 18 heavy (non-hydrogen) atoms. The molecule has 0 aliphatic heterocycles. The standard InChI is InChI=1S/C14H16O3S/c1-13(2)11-8-9-12(15)14(11,13)18(16,17)10-6-4-3-5-7-10/h3-7,11H,8-9H2,1-2H3. The van der Waals surface area contributed by atoms with E-state index < -0.39 is 20.0 Å². The maximum absolute atomic E-state index is 12.8. The fourth-order valence-corrected chi connectivity index (χ4v) is 6.73. The van der Waals surface area contributed by atoms with Crippen LogP contribution in [0.5, 0.6) is 0 Å². The molecule has 1 aromatic rings. The van der Waals surface area contributed by atoms with Gasteiger partial charge < -0.3 is 0 Å². The van der Waals surface area contributed by atoms with Crippen LogP contribution in [0.1, 0.15) is 26.7 Å². The van der Waals surface area contributed by atoms with Gasteiger partial charge in [-0.25, -0.2) is 8.42 Å². The van der Waals surface area contributed by atoms with E-state index in [1.807, 2.05) is 13.8 Å². The van der Waals surface area contributed by atoms with Gasteiger partial charge >= 0.3 is 0 Å². The highest BCUT2D eigenvalue weighted by Crippen LogP contribution is 2.73. The smallest absolute Gasteiger partial charge is 0.192 e. The van der Waals surface area contributed by atoms with E-state index in [4.69, 9.17) is 0 Å². The summed E-state index contributed by atoms with van der Waals surface area (Å²) in [7, 11) is -3.57. The summed E-state index contributed by atoms with van der Waals surface area (Å²) >= 11 is 0. The molecule has 96 valence electrons. The molecule has 3 nitrogen and oxygen atoms in total. The van der Waals surface area contributed by atoms with Crippen molar-refractivity contribution in [1.29, 1.82) is 0 Å². The lowest BCUT2D eigenvalue weighted by molar-refractivity contribution is -0.119. The van der Waals surface area contributed by atoms with Gasteiger partial charge in [-0.15, -0.1) is 0 Å². The Balaban J connectivity index is 2.19. The van der Waals surface area contributed by atoms with Crippen molar-refractivity contribution in [3.8, 4) is 0 Å². The Morgan fingerprint density at radius 3 is 2.28 bits per heavy atom. The van der Waals surface area contributed by atoms with Gasteiger partial charge in [0.2, 0.25) is 0 Å². The van der Waals surface area contributed by atoms with Crippen molar-refractivity contribution in [2.45, 2.75) is 36.3 Å². The maximum atomic E-state index is 12.8. The van der Waals surface area contributed by atoms with E-state index in [-0.39, 0.29) is 16.6 Å². The Labute approximate surface area is 107 Å². The first-order chi connectivity index (χ1) is 8.37. The average molecular weight is 264 g/mol. The Bertz CT molecular complexity index is 616. The van der Waals surface area contributed by atoms with Crippen LogP contribution in [0.25, 0.3) is 0 Å². The minimum atomic E-state index is -3.57. The van der Waals surface area contributed by atoms with Gasteiger partial charge in [-0.3, -0.25) is 4.79 Å². The number of sulfone groups is 1. The van der Waals surface area contributed by atoms with Gasteiger partial charge in [0.25, 0.3) is 0 Å². The van der Waals surface area contributed by atoms with Crippen LogP contribution in [-0.2, 0) is 14.6 Å². The number of rotatable bonds is 2. The second kappa shape index (κ2) is 3.23. The highest BCUT2D eigenvalue weighted by atomic mass is 32.2. The molecular formula is C14H16O3S. The van der Waals surface area contributed by atoms with Crippen molar-refractivity contribution >= 4 is 15.6 Å². The molecule has 1 aromatic carbocycles. The molecule has 0 saturated heterocycles.